The molecule has 36 heavy (non-hydrogen) atoms. The number of hydrogen-bond donors (Lipinski definition) is 1. The fraction of sp³-hybridized carbons (Fsp3) is 0.393. The Bertz CT molecular complexity index is 1210. The van der Waals surface area contributed by atoms with E-state index >= 15 is 0 Å². The van der Waals surface area contributed by atoms with Gasteiger partial charge in [-0.1, -0.05) is 42.5 Å². The van der Waals surface area contributed by atoms with Crippen molar-refractivity contribution in [3.05, 3.63) is 83.9 Å². The highest BCUT2D eigenvalue weighted by molar-refractivity contribution is 6.04. The van der Waals surface area contributed by atoms with Crippen molar-refractivity contribution in [1.29, 1.82) is 0 Å². The Labute approximate surface area is 210 Å². The average molecular weight is 490 g/mol. The van der Waals surface area contributed by atoms with Gasteiger partial charge in [0, 0.05) is 37.8 Å². The third kappa shape index (κ3) is 5.65. The van der Waals surface area contributed by atoms with Crippen LogP contribution in [0, 0.1) is 11.2 Å². The van der Waals surface area contributed by atoms with Gasteiger partial charge in [-0.3, -0.25) is 19.2 Å². The fourth-order valence-corrected chi connectivity index (χ4v) is 5.64. The first-order valence-electron chi connectivity index (χ1n) is 12.6. The summed E-state index contributed by atoms with van der Waals surface area (Å²) in [6.45, 7) is 4.70. The van der Waals surface area contributed by atoms with Crippen LogP contribution in [0.2, 0.25) is 0 Å². The molecule has 0 radical (unpaired) electrons. The van der Waals surface area contributed by atoms with E-state index in [4.69, 9.17) is 0 Å². The highest BCUT2D eigenvalue weighted by Crippen LogP contribution is 2.39. The number of nitrogens with one attached hydrogen (secondary N) is 1. The van der Waals surface area contributed by atoms with Gasteiger partial charge in [-0.25, -0.2) is 4.39 Å². The number of aromatic nitrogens is 2. The summed E-state index contributed by atoms with van der Waals surface area (Å²) in [6.07, 6.45) is 7.55. The number of nitrogens with zero attached hydrogens (tertiary/aromatic N) is 4. The number of piperidine rings is 2. The molecule has 8 heteroatoms. The Morgan fingerprint density at radius 2 is 1.72 bits per heavy atom. The lowest BCUT2D eigenvalue weighted by atomic mass is 9.73. The van der Waals surface area contributed by atoms with Crippen molar-refractivity contribution >= 4 is 17.5 Å². The number of hydrogen-bond acceptors (Lipinski definition) is 4. The molecule has 7 nitrogen and oxygen atoms in total. The molecule has 2 aliphatic heterocycles. The van der Waals surface area contributed by atoms with Gasteiger partial charge in [-0.2, -0.15) is 5.10 Å². The summed E-state index contributed by atoms with van der Waals surface area (Å²) in [4.78, 5) is 30.1. The van der Waals surface area contributed by atoms with E-state index in [-0.39, 0.29) is 23.4 Å². The van der Waals surface area contributed by atoms with Crippen LogP contribution in [0.4, 0.5) is 10.1 Å². The van der Waals surface area contributed by atoms with E-state index in [0.29, 0.717) is 5.69 Å². The third-order valence-electron chi connectivity index (χ3n) is 7.31. The number of benzene rings is 2. The molecule has 0 saturated carbocycles. The Morgan fingerprint density at radius 3 is 2.53 bits per heavy atom. The monoisotopic (exact) mass is 489 g/mol. The molecule has 5 rings (SSSR count). The highest BCUT2D eigenvalue weighted by atomic mass is 19.1. The summed E-state index contributed by atoms with van der Waals surface area (Å²) < 4.78 is 15.4. The third-order valence-corrected chi connectivity index (χ3v) is 7.31. The minimum absolute atomic E-state index is 0.0318. The van der Waals surface area contributed by atoms with Gasteiger partial charge in [0.05, 0.1) is 17.4 Å². The maximum absolute atomic E-state index is 13.9. The maximum atomic E-state index is 13.9. The van der Waals surface area contributed by atoms with Crippen molar-refractivity contribution in [2.24, 2.45) is 5.41 Å². The minimum Gasteiger partial charge on any atom is -0.340 e. The standard InChI is InChI=1S/C28H32FN5O2/c29-25-11-5-4-10-24(25)27(36)31-23-16-30-34(18-23)19-26(35)33-15-7-13-28(21-33)12-6-14-32(20-28)17-22-8-2-1-3-9-22/h1-5,8-11,16,18H,6-7,12-15,17,19-21H2,(H,31,36). The zero-order chi connectivity index (χ0) is 25.0. The van der Waals surface area contributed by atoms with Crippen LogP contribution in [0.5, 0.6) is 0 Å². The predicted molar refractivity (Wildman–Crippen MR) is 136 cm³/mol. The summed E-state index contributed by atoms with van der Waals surface area (Å²) in [5, 5.41) is 6.89. The zero-order valence-electron chi connectivity index (χ0n) is 20.4. The number of carbonyl (C=O) groups is 2. The maximum Gasteiger partial charge on any atom is 0.258 e. The molecular formula is C28H32FN5O2. The van der Waals surface area contributed by atoms with Gasteiger partial charge in [-0.05, 0) is 49.9 Å². The molecule has 0 aliphatic carbocycles. The van der Waals surface area contributed by atoms with Crippen LogP contribution in [0.25, 0.3) is 0 Å². The van der Waals surface area contributed by atoms with Gasteiger partial charge in [0.25, 0.3) is 5.91 Å². The van der Waals surface area contributed by atoms with Gasteiger partial charge in [0.2, 0.25) is 5.91 Å². The zero-order valence-corrected chi connectivity index (χ0v) is 20.4. The molecule has 2 aromatic carbocycles. The van der Waals surface area contributed by atoms with Gasteiger partial charge < -0.3 is 10.2 Å². The lowest BCUT2D eigenvalue weighted by Gasteiger charge is -2.48. The van der Waals surface area contributed by atoms with Crippen LogP contribution >= 0.6 is 0 Å². The first kappa shape index (κ1) is 24.2. The van der Waals surface area contributed by atoms with E-state index in [2.05, 4.69) is 39.6 Å². The molecule has 0 bridgehead atoms. The van der Waals surface area contributed by atoms with E-state index in [0.717, 1.165) is 58.4 Å². The molecule has 1 spiro atoms. The molecular weight excluding hydrogens is 457 g/mol. The minimum atomic E-state index is -0.582. The van der Waals surface area contributed by atoms with Crippen LogP contribution in [0.15, 0.2) is 67.0 Å². The van der Waals surface area contributed by atoms with Crippen LogP contribution in [0.3, 0.4) is 0 Å². The second kappa shape index (κ2) is 10.6. The summed E-state index contributed by atoms with van der Waals surface area (Å²) >= 11 is 0. The summed E-state index contributed by atoms with van der Waals surface area (Å²) in [6, 6.07) is 16.4. The smallest absolute Gasteiger partial charge is 0.258 e. The summed E-state index contributed by atoms with van der Waals surface area (Å²) in [7, 11) is 0. The molecule has 2 aliphatic rings. The Kier molecular flexibility index (Phi) is 7.13. The first-order valence-corrected chi connectivity index (χ1v) is 12.6. The first-order chi connectivity index (χ1) is 17.5. The molecule has 2 saturated heterocycles. The summed E-state index contributed by atoms with van der Waals surface area (Å²) in [5.74, 6) is -1.10. The lowest BCUT2D eigenvalue weighted by Crippen LogP contribution is -2.53. The molecule has 3 heterocycles. The number of carbonyl (C=O) groups excluding carboxylic acids is 2. The molecule has 1 N–H and O–H groups in total. The van der Waals surface area contributed by atoms with Crippen LogP contribution in [-0.2, 0) is 17.9 Å². The van der Waals surface area contributed by atoms with Crippen molar-refractivity contribution in [3.8, 4) is 0 Å². The number of likely N-dealkylation sites (tertiary alicyclic amines) is 2. The van der Waals surface area contributed by atoms with Crippen molar-refractivity contribution in [2.45, 2.75) is 38.8 Å². The second-order valence-electron chi connectivity index (χ2n) is 10.1. The molecule has 2 fully saturated rings. The van der Waals surface area contributed by atoms with E-state index in [1.165, 1.54) is 34.6 Å². The molecule has 1 atom stereocenters. The Morgan fingerprint density at radius 1 is 0.972 bits per heavy atom. The van der Waals surface area contributed by atoms with Crippen LogP contribution in [-0.4, -0.2) is 57.6 Å². The molecule has 1 aromatic heterocycles. The van der Waals surface area contributed by atoms with E-state index in [1.54, 1.807) is 12.3 Å². The number of rotatable bonds is 6. The van der Waals surface area contributed by atoms with Crippen molar-refractivity contribution in [2.75, 3.05) is 31.5 Å². The molecule has 3 aromatic rings. The van der Waals surface area contributed by atoms with Crippen molar-refractivity contribution < 1.29 is 14.0 Å². The van der Waals surface area contributed by atoms with E-state index in [1.807, 2.05) is 11.0 Å². The average Bonchev–Trinajstić information content (AvgIpc) is 3.31. The fourth-order valence-electron chi connectivity index (χ4n) is 5.64. The predicted octanol–water partition coefficient (Wildman–Crippen LogP) is 4.18. The van der Waals surface area contributed by atoms with Crippen molar-refractivity contribution in [3.63, 3.8) is 0 Å². The summed E-state index contributed by atoms with van der Waals surface area (Å²) in [5.41, 5.74) is 1.86. The number of halogens is 1. The van der Waals surface area contributed by atoms with E-state index in [9.17, 15) is 14.0 Å². The normalized spacial score (nSPS) is 20.4. The van der Waals surface area contributed by atoms with Crippen molar-refractivity contribution in [1.82, 2.24) is 19.6 Å². The lowest BCUT2D eigenvalue weighted by molar-refractivity contribution is -0.136. The number of amides is 2. The largest absolute Gasteiger partial charge is 0.340 e. The SMILES string of the molecule is O=C(Nc1cnn(CC(=O)N2CCCC3(CCCN(Cc4ccccc4)C3)C2)c1)c1ccccc1F. The quantitative estimate of drug-likeness (QED) is 0.564. The Hall–Kier alpha value is -3.52. The van der Waals surface area contributed by atoms with Crippen LogP contribution in [0.1, 0.15) is 41.6 Å². The molecule has 2 amide bonds. The van der Waals surface area contributed by atoms with Gasteiger partial charge in [-0.15, -0.1) is 0 Å². The second-order valence-corrected chi connectivity index (χ2v) is 10.1. The van der Waals surface area contributed by atoms with Gasteiger partial charge in [0.15, 0.2) is 0 Å². The topological polar surface area (TPSA) is 70.5 Å². The van der Waals surface area contributed by atoms with Gasteiger partial charge in [0.1, 0.15) is 12.4 Å². The highest BCUT2D eigenvalue weighted by Gasteiger charge is 2.40. The van der Waals surface area contributed by atoms with Crippen LogP contribution < -0.4 is 5.32 Å². The number of anilines is 1. The van der Waals surface area contributed by atoms with E-state index < -0.39 is 11.7 Å². The van der Waals surface area contributed by atoms with Gasteiger partial charge >= 0.3 is 0 Å². The molecule has 1 unspecified atom stereocenters. The Balaban J connectivity index is 1.18. The molecule has 188 valence electrons.